The van der Waals surface area contributed by atoms with Crippen LogP contribution in [0.1, 0.15) is 23.2 Å². The molecule has 1 unspecified atom stereocenters. The number of carbonyl (C=O) groups excluding carboxylic acids is 1. The smallest absolute Gasteiger partial charge is 0.254 e. The highest BCUT2D eigenvalue weighted by atomic mass is 35.5. The lowest BCUT2D eigenvalue weighted by atomic mass is 10.2. The van der Waals surface area contributed by atoms with Crippen molar-refractivity contribution in [2.24, 2.45) is 0 Å². The number of hydrogen-bond donors (Lipinski definition) is 2. The Kier molecular flexibility index (Phi) is 5.05. The van der Waals surface area contributed by atoms with Gasteiger partial charge in [-0.15, -0.1) is 0 Å². The third-order valence-corrected chi connectivity index (χ3v) is 3.88. The molecule has 120 valence electrons. The van der Waals surface area contributed by atoms with Gasteiger partial charge in [0.05, 0.1) is 22.4 Å². The summed E-state index contributed by atoms with van der Waals surface area (Å²) in [6.07, 6.45) is 5.11. The van der Waals surface area contributed by atoms with Crippen LogP contribution in [0.4, 0.5) is 11.6 Å². The van der Waals surface area contributed by atoms with Gasteiger partial charge in [0.25, 0.3) is 5.91 Å². The SMILES string of the molecule is O=C(NCC1CCCO1)c1cnc(Nc2ccccc2Cl)nc1. The van der Waals surface area contributed by atoms with Crippen molar-refractivity contribution >= 4 is 29.1 Å². The molecule has 7 heteroatoms. The van der Waals surface area contributed by atoms with Gasteiger partial charge in [-0.2, -0.15) is 0 Å². The summed E-state index contributed by atoms with van der Waals surface area (Å²) >= 11 is 6.07. The van der Waals surface area contributed by atoms with Crippen molar-refractivity contribution in [1.29, 1.82) is 0 Å². The van der Waals surface area contributed by atoms with E-state index in [9.17, 15) is 4.79 Å². The first-order valence-corrected chi connectivity index (χ1v) is 7.83. The number of rotatable bonds is 5. The summed E-state index contributed by atoms with van der Waals surface area (Å²) in [6, 6.07) is 7.31. The largest absolute Gasteiger partial charge is 0.376 e. The van der Waals surface area contributed by atoms with Crippen LogP contribution in [0, 0.1) is 0 Å². The number of hydrogen-bond acceptors (Lipinski definition) is 5. The molecule has 1 saturated heterocycles. The first-order chi connectivity index (χ1) is 11.2. The van der Waals surface area contributed by atoms with Crippen LogP contribution in [0.15, 0.2) is 36.7 Å². The Morgan fingerprint density at radius 2 is 2.09 bits per heavy atom. The van der Waals surface area contributed by atoms with E-state index in [4.69, 9.17) is 16.3 Å². The van der Waals surface area contributed by atoms with Crippen LogP contribution < -0.4 is 10.6 Å². The van der Waals surface area contributed by atoms with E-state index >= 15 is 0 Å². The molecule has 23 heavy (non-hydrogen) atoms. The van der Waals surface area contributed by atoms with Gasteiger partial charge < -0.3 is 15.4 Å². The minimum atomic E-state index is -0.204. The van der Waals surface area contributed by atoms with Crippen LogP contribution in [0.25, 0.3) is 0 Å². The molecular formula is C16H17ClN4O2. The van der Waals surface area contributed by atoms with Crippen LogP contribution in [0.3, 0.4) is 0 Å². The molecule has 1 aliphatic rings. The van der Waals surface area contributed by atoms with Gasteiger partial charge in [-0.3, -0.25) is 4.79 Å². The van der Waals surface area contributed by atoms with E-state index in [2.05, 4.69) is 20.6 Å². The van der Waals surface area contributed by atoms with Crippen molar-refractivity contribution in [3.63, 3.8) is 0 Å². The fourth-order valence-electron chi connectivity index (χ4n) is 2.31. The maximum atomic E-state index is 12.0. The van der Waals surface area contributed by atoms with Crippen molar-refractivity contribution in [3.8, 4) is 0 Å². The van der Waals surface area contributed by atoms with Crippen molar-refractivity contribution < 1.29 is 9.53 Å². The normalized spacial score (nSPS) is 17.0. The van der Waals surface area contributed by atoms with Gasteiger partial charge in [0.1, 0.15) is 0 Å². The molecule has 3 rings (SSSR count). The van der Waals surface area contributed by atoms with E-state index < -0.39 is 0 Å². The highest BCUT2D eigenvalue weighted by Gasteiger charge is 2.17. The van der Waals surface area contributed by atoms with E-state index in [0.29, 0.717) is 28.8 Å². The Morgan fingerprint density at radius 1 is 1.30 bits per heavy atom. The second-order valence-electron chi connectivity index (χ2n) is 5.25. The standard InChI is InChI=1S/C16H17ClN4O2/c17-13-5-1-2-6-14(13)21-16-19-8-11(9-20-16)15(22)18-10-12-4-3-7-23-12/h1-2,5-6,8-9,12H,3-4,7,10H2,(H,18,22)(H,19,20,21). The molecule has 1 atom stereocenters. The van der Waals surface area contributed by atoms with Crippen LogP contribution >= 0.6 is 11.6 Å². The lowest BCUT2D eigenvalue weighted by Crippen LogP contribution is -2.31. The second-order valence-corrected chi connectivity index (χ2v) is 5.65. The van der Waals surface area contributed by atoms with Gasteiger partial charge in [0.15, 0.2) is 0 Å². The summed E-state index contributed by atoms with van der Waals surface area (Å²) in [5.74, 6) is 0.179. The number of ether oxygens (including phenoxy) is 1. The molecule has 2 N–H and O–H groups in total. The number of halogens is 1. The molecule has 0 radical (unpaired) electrons. The average Bonchev–Trinajstić information content (AvgIpc) is 3.09. The number of amides is 1. The summed E-state index contributed by atoms with van der Waals surface area (Å²) in [5.41, 5.74) is 1.12. The quantitative estimate of drug-likeness (QED) is 0.880. The molecule has 0 spiro atoms. The van der Waals surface area contributed by atoms with Crippen LogP contribution in [-0.2, 0) is 4.74 Å². The van der Waals surface area contributed by atoms with Gasteiger partial charge in [-0.25, -0.2) is 9.97 Å². The highest BCUT2D eigenvalue weighted by Crippen LogP contribution is 2.22. The van der Waals surface area contributed by atoms with E-state index in [1.54, 1.807) is 6.07 Å². The van der Waals surface area contributed by atoms with Gasteiger partial charge in [-0.05, 0) is 25.0 Å². The minimum absolute atomic E-state index is 0.112. The predicted molar refractivity (Wildman–Crippen MR) is 88.1 cm³/mol. The number of aromatic nitrogens is 2. The zero-order valence-corrected chi connectivity index (χ0v) is 13.2. The molecule has 1 aromatic carbocycles. The minimum Gasteiger partial charge on any atom is -0.376 e. The molecule has 0 saturated carbocycles. The first-order valence-electron chi connectivity index (χ1n) is 7.46. The van der Waals surface area contributed by atoms with Crippen molar-refractivity contribution in [2.45, 2.75) is 18.9 Å². The average molecular weight is 333 g/mol. The van der Waals surface area contributed by atoms with Crippen molar-refractivity contribution in [3.05, 3.63) is 47.2 Å². The van der Waals surface area contributed by atoms with Crippen LogP contribution in [0.2, 0.25) is 5.02 Å². The number of carbonyl (C=O) groups is 1. The van der Waals surface area contributed by atoms with E-state index in [1.807, 2.05) is 18.2 Å². The summed E-state index contributed by atoms with van der Waals surface area (Å²) in [7, 11) is 0. The monoisotopic (exact) mass is 332 g/mol. The van der Waals surface area contributed by atoms with Gasteiger partial charge in [-0.1, -0.05) is 23.7 Å². The number of benzene rings is 1. The Hall–Kier alpha value is -2.18. The van der Waals surface area contributed by atoms with E-state index in [1.165, 1.54) is 12.4 Å². The molecule has 1 aliphatic heterocycles. The Balaban J connectivity index is 1.58. The molecule has 2 heterocycles. The molecular weight excluding hydrogens is 316 g/mol. The van der Waals surface area contributed by atoms with Crippen molar-refractivity contribution in [2.75, 3.05) is 18.5 Å². The summed E-state index contributed by atoms with van der Waals surface area (Å²) in [4.78, 5) is 20.3. The van der Waals surface area contributed by atoms with E-state index in [-0.39, 0.29) is 12.0 Å². The van der Waals surface area contributed by atoms with E-state index in [0.717, 1.165) is 19.4 Å². The number of nitrogens with one attached hydrogen (secondary N) is 2. The molecule has 2 aromatic rings. The molecule has 0 bridgehead atoms. The van der Waals surface area contributed by atoms with Gasteiger partial charge in [0.2, 0.25) is 5.95 Å². The second kappa shape index (κ2) is 7.39. The molecule has 0 aliphatic carbocycles. The Morgan fingerprint density at radius 3 is 2.78 bits per heavy atom. The third kappa shape index (κ3) is 4.18. The fourth-order valence-corrected chi connectivity index (χ4v) is 2.49. The predicted octanol–water partition coefficient (Wildman–Crippen LogP) is 2.78. The van der Waals surface area contributed by atoms with Gasteiger partial charge in [0, 0.05) is 25.5 Å². The number of anilines is 2. The maximum Gasteiger partial charge on any atom is 0.254 e. The number of nitrogens with zero attached hydrogens (tertiary/aromatic N) is 2. The van der Waals surface area contributed by atoms with Crippen molar-refractivity contribution in [1.82, 2.24) is 15.3 Å². The molecule has 1 aromatic heterocycles. The summed E-state index contributed by atoms with van der Waals surface area (Å²) < 4.78 is 5.47. The van der Waals surface area contributed by atoms with Crippen LogP contribution in [0.5, 0.6) is 0 Å². The molecule has 1 fully saturated rings. The summed E-state index contributed by atoms with van der Waals surface area (Å²) in [5, 5.41) is 6.42. The maximum absolute atomic E-state index is 12.0. The topological polar surface area (TPSA) is 76.1 Å². The first kappa shape index (κ1) is 15.7. The van der Waals surface area contributed by atoms with Crippen LogP contribution in [-0.4, -0.2) is 35.1 Å². The lowest BCUT2D eigenvalue weighted by Gasteiger charge is -2.11. The zero-order chi connectivity index (χ0) is 16.1. The zero-order valence-electron chi connectivity index (χ0n) is 12.5. The highest BCUT2D eigenvalue weighted by molar-refractivity contribution is 6.33. The Bertz CT molecular complexity index is 672. The molecule has 6 nitrogen and oxygen atoms in total. The Labute approximate surface area is 139 Å². The fraction of sp³-hybridized carbons (Fsp3) is 0.312. The lowest BCUT2D eigenvalue weighted by molar-refractivity contribution is 0.0857. The third-order valence-electron chi connectivity index (χ3n) is 3.55. The summed E-state index contributed by atoms with van der Waals surface area (Å²) in [6.45, 7) is 1.28. The van der Waals surface area contributed by atoms with Gasteiger partial charge >= 0.3 is 0 Å². The number of para-hydroxylation sites is 1. The molecule has 1 amide bonds.